The Hall–Kier alpha value is -1.66. The summed E-state index contributed by atoms with van der Waals surface area (Å²) in [6.07, 6.45) is 2.88. The molecule has 23 heavy (non-hydrogen) atoms. The number of hydrogen-bond donors (Lipinski definition) is 1. The highest BCUT2D eigenvalue weighted by Crippen LogP contribution is 2.22. The van der Waals surface area contributed by atoms with Gasteiger partial charge in [0.05, 0.1) is 21.8 Å². The van der Waals surface area contributed by atoms with Gasteiger partial charge in [-0.15, -0.1) is 11.3 Å². The zero-order chi connectivity index (χ0) is 16.1. The van der Waals surface area contributed by atoms with E-state index in [4.69, 9.17) is 4.74 Å². The highest BCUT2D eigenvalue weighted by molar-refractivity contribution is 7.18. The number of aromatic nitrogens is 1. The zero-order valence-corrected chi connectivity index (χ0v) is 14.3. The molecule has 0 unspecified atom stereocenters. The number of rotatable bonds is 6. The molecule has 1 atom stereocenters. The van der Waals surface area contributed by atoms with E-state index in [-0.39, 0.29) is 6.09 Å². The summed E-state index contributed by atoms with van der Waals surface area (Å²) in [6, 6.07) is 8.66. The summed E-state index contributed by atoms with van der Waals surface area (Å²) >= 11 is 1.78. The van der Waals surface area contributed by atoms with Gasteiger partial charge in [-0.2, -0.15) is 0 Å². The van der Waals surface area contributed by atoms with Crippen LogP contribution in [0.15, 0.2) is 24.3 Å². The van der Waals surface area contributed by atoms with Gasteiger partial charge < -0.3 is 15.0 Å². The van der Waals surface area contributed by atoms with Crippen LogP contribution in [0.4, 0.5) is 4.79 Å². The van der Waals surface area contributed by atoms with Gasteiger partial charge >= 0.3 is 6.09 Å². The molecular weight excluding hydrogens is 310 g/mol. The van der Waals surface area contributed by atoms with E-state index in [1.165, 1.54) is 9.71 Å². The highest BCUT2D eigenvalue weighted by Gasteiger charge is 2.26. The molecule has 0 aliphatic carbocycles. The molecule has 1 aliphatic rings. The van der Waals surface area contributed by atoms with Crippen LogP contribution in [0.25, 0.3) is 10.2 Å². The van der Waals surface area contributed by atoms with Gasteiger partial charge in [-0.3, -0.25) is 0 Å². The number of nitrogens with zero attached hydrogens (tertiary/aromatic N) is 2. The van der Waals surface area contributed by atoms with Crippen molar-refractivity contribution in [2.45, 2.75) is 32.2 Å². The fraction of sp³-hybridized carbons (Fsp3) is 0.529. The molecule has 2 heterocycles. The Kier molecular flexibility index (Phi) is 5.46. The van der Waals surface area contributed by atoms with Crippen molar-refractivity contribution in [3.8, 4) is 0 Å². The number of nitrogens with one attached hydrogen (secondary N) is 1. The second kappa shape index (κ2) is 7.75. The lowest BCUT2D eigenvalue weighted by atomic mass is 10.2. The number of hydrogen-bond acceptors (Lipinski definition) is 5. The average Bonchev–Trinajstić information content (AvgIpc) is 3.18. The molecule has 0 radical (unpaired) electrons. The number of benzene rings is 1. The Morgan fingerprint density at radius 1 is 1.48 bits per heavy atom. The third-order valence-electron chi connectivity index (χ3n) is 4.05. The van der Waals surface area contributed by atoms with E-state index >= 15 is 0 Å². The van der Waals surface area contributed by atoms with Crippen molar-refractivity contribution in [1.82, 2.24) is 15.2 Å². The number of aryl methyl sites for hydroxylation is 1. The van der Waals surface area contributed by atoms with Crippen LogP contribution in [-0.2, 0) is 11.2 Å². The Bertz CT molecular complexity index is 625. The maximum atomic E-state index is 11.7. The van der Waals surface area contributed by atoms with Crippen molar-refractivity contribution < 1.29 is 9.53 Å². The summed E-state index contributed by atoms with van der Waals surface area (Å²) in [5.74, 6) is 0. The van der Waals surface area contributed by atoms with E-state index in [9.17, 15) is 4.79 Å². The van der Waals surface area contributed by atoms with Crippen LogP contribution in [0.2, 0.25) is 0 Å². The number of carbonyl (C=O) groups is 1. The molecule has 1 aromatic heterocycles. The van der Waals surface area contributed by atoms with Gasteiger partial charge in [-0.1, -0.05) is 12.1 Å². The monoisotopic (exact) mass is 333 g/mol. The second-order valence-electron chi connectivity index (χ2n) is 5.76. The van der Waals surface area contributed by atoms with Crippen LogP contribution < -0.4 is 5.32 Å². The van der Waals surface area contributed by atoms with E-state index in [1.54, 1.807) is 16.2 Å². The Balaban J connectivity index is 1.38. The molecule has 1 amide bonds. The van der Waals surface area contributed by atoms with Crippen LogP contribution in [0, 0.1) is 0 Å². The summed E-state index contributed by atoms with van der Waals surface area (Å²) < 4.78 is 6.30. The van der Waals surface area contributed by atoms with Crippen LogP contribution in [0.5, 0.6) is 0 Å². The number of carbonyl (C=O) groups excluding carboxylic acids is 1. The van der Waals surface area contributed by atoms with Gasteiger partial charge in [-0.05, 0) is 38.4 Å². The number of thiazole rings is 1. The normalized spacial score (nSPS) is 17.8. The van der Waals surface area contributed by atoms with E-state index in [1.807, 2.05) is 13.0 Å². The predicted molar refractivity (Wildman–Crippen MR) is 92.9 cm³/mol. The van der Waals surface area contributed by atoms with E-state index in [2.05, 4.69) is 28.5 Å². The lowest BCUT2D eigenvalue weighted by Gasteiger charge is -2.16. The van der Waals surface area contributed by atoms with E-state index < -0.39 is 0 Å². The number of fused-ring (bicyclic) bond motifs is 1. The van der Waals surface area contributed by atoms with Crippen LogP contribution in [0.3, 0.4) is 0 Å². The topological polar surface area (TPSA) is 54.5 Å². The number of para-hydroxylation sites is 1. The maximum Gasteiger partial charge on any atom is 0.409 e. The van der Waals surface area contributed by atoms with Gasteiger partial charge in [0.1, 0.15) is 0 Å². The summed E-state index contributed by atoms with van der Waals surface area (Å²) in [7, 11) is 0. The molecule has 1 fully saturated rings. The van der Waals surface area contributed by atoms with Crippen LogP contribution >= 0.6 is 11.3 Å². The van der Waals surface area contributed by atoms with Gasteiger partial charge in [0.15, 0.2) is 0 Å². The van der Waals surface area contributed by atoms with Crippen molar-refractivity contribution in [1.29, 1.82) is 0 Å². The van der Waals surface area contributed by atoms with Crippen molar-refractivity contribution in [2.75, 3.05) is 26.2 Å². The van der Waals surface area contributed by atoms with Gasteiger partial charge in [0.25, 0.3) is 0 Å². The summed E-state index contributed by atoms with van der Waals surface area (Å²) in [5.41, 5.74) is 1.10. The molecule has 1 saturated heterocycles. The minimum absolute atomic E-state index is 0.189. The first-order valence-electron chi connectivity index (χ1n) is 8.26. The molecule has 1 aliphatic heterocycles. The molecule has 1 N–H and O–H groups in total. The molecule has 5 nitrogen and oxygen atoms in total. The summed E-state index contributed by atoms with van der Waals surface area (Å²) in [5, 5.41) is 4.74. The number of likely N-dealkylation sites (tertiary alicyclic amines) is 1. The molecule has 0 saturated carbocycles. The molecule has 2 aromatic rings. The molecule has 0 spiro atoms. The maximum absolute atomic E-state index is 11.7. The highest BCUT2D eigenvalue weighted by atomic mass is 32.1. The SMILES string of the molecule is CCOC(=O)N1CC[C@H](NCCCc2nc3ccccc3s2)C1. The van der Waals surface area contributed by atoms with Crippen molar-refractivity contribution >= 4 is 27.6 Å². The standard InChI is InChI=1S/C17H23N3O2S/c1-2-22-17(21)20-11-9-13(12-20)18-10-5-8-16-19-14-6-3-4-7-15(14)23-16/h3-4,6-7,13,18H,2,5,8-12H2,1H3/t13-/m0/s1. The Labute approximate surface area is 140 Å². The Morgan fingerprint density at radius 2 is 2.35 bits per heavy atom. The Morgan fingerprint density at radius 3 is 3.17 bits per heavy atom. The predicted octanol–water partition coefficient (Wildman–Crippen LogP) is 3.05. The quantitative estimate of drug-likeness (QED) is 0.826. The molecule has 1 aromatic carbocycles. The van der Waals surface area contributed by atoms with Crippen LogP contribution in [-0.4, -0.2) is 48.3 Å². The fourth-order valence-electron chi connectivity index (χ4n) is 2.88. The first-order valence-corrected chi connectivity index (χ1v) is 9.07. The third-order valence-corrected chi connectivity index (χ3v) is 5.15. The van der Waals surface area contributed by atoms with Crippen molar-refractivity contribution in [3.63, 3.8) is 0 Å². The summed E-state index contributed by atoms with van der Waals surface area (Å²) in [4.78, 5) is 18.1. The lowest BCUT2D eigenvalue weighted by Crippen LogP contribution is -2.35. The minimum atomic E-state index is -0.189. The van der Waals surface area contributed by atoms with Crippen molar-refractivity contribution in [2.24, 2.45) is 0 Å². The second-order valence-corrected chi connectivity index (χ2v) is 6.88. The van der Waals surface area contributed by atoms with Gasteiger partial charge in [-0.25, -0.2) is 9.78 Å². The molecule has 6 heteroatoms. The summed E-state index contributed by atoms with van der Waals surface area (Å²) in [6.45, 7) is 4.77. The largest absolute Gasteiger partial charge is 0.450 e. The zero-order valence-electron chi connectivity index (χ0n) is 13.5. The molecular formula is C17H23N3O2S. The average molecular weight is 333 g/mol. The molecule has 0 bridgehead atoms. The van der Waals surface area contributed by atoms with Crippen LogP contribution in [0.1, 0.15) is 24.8 Å². The van der Waals surface area contributed by atoms with E-state index in [0.717, 1.165) is 44.4 Å². The van der Waals surface area contributed by atoms with Crippen molar-refractivity contribution in [3.05, 3.63) is 29.3 Å². The smallest absolute Gasteiger partial charge is 0.409 e. The fourth-order valence-corrected chi connectivity index (χ4v) is 3.89. The molecule has 3 rings (SSSR count). The third kappa shape index (κ3) is 4.20. The van der Waals surface area contributed by atoms with Gasteiger partial charge in [0.2, 0.25) is 0 Å². The lowest BCUT2D eigenvalue weighted by molar-refractivity contribution is 0.115. The number of ether oxygens (including phenoxy) is 1. The van der Waals surface area contributed by atoms with Gasteiger partial charge in [0, 0.05) is 25.6 Å². The number of amides is 1. The minimum Gasteiger partial charge on any atom is -0.450 e. The first kappa shape index (κ1) is 16.2. The van der Waals surface area contributed by atoms with E-state index in [0.29, 0.717) is 12.6 Å². The first-order chi connectivity index (χ1) is 11.3. The molecule has 124 valence electrons.